The van der Waals surface area contributed by atoms with Crippen molar-refractivity contribution in [2.24, 2.45) is 0 Å². The van der Waals surface area contributed by atoms with E-state index in [0.717, 1.165) is 46.9 Å². The Kier molecular flexibility index (Phi) is 12.8. The van der Waals surface area contributed by atoms with E-state index in [-0.39, 0.29) is 21.9 Å². The lowest BCUT2D eigenvalue weighted by molar-refractivity contribution is 0.0409. The summed E-state index contributed by atoms with van der Waals surface area (Å²) in [6.45, 7) is 7.99. The van der Waals surface area contributed by atoms with Crippen LogP contribution in [-0.4, -0.2) is 12.2 Å². The summed E-state index contributed by atoms with van der Waals surface area (Å²) in [5, 5.41) is 0. The van der Waals surface area contributed by atoms with E-state index in [1.165, 1.54) is 0 Å². The summed E-state index contributed by atoms with van der Waals surface area (Å²) in [5.74, 6) is 0. The molecule has 2 rings (SSSR count). The molecule has 31 heavy (non-hydrogen) atoms. The van der Waals surface area contributed by atoms with Crippen LogP contribution in [0, 0.1) is 0 Å². The second kappa shape index (κ2) is 13.3. The number of hydrogen-bond donors (Lipinski definition) is 0. The molecule has 0 saturated carbocycles. The zero-order valence-electron chi connectivity index (χ0n) is 15.2. The summed E-state index contributed by atoms with van der Waals surface area (Å²) in [4.78, 5) is -0.317. The number of hydrogen-bond acceptors (Lipinski definition) is 1. The number of ether oxygens (including phenoxy) is 1. The van der Waals surface area contributed by atoms with Gasteiger partial charge in [0.25, 0.3) is 0 Å². The molecule has 0 heterocycles. The van der Waals surface area contributed by atoms with E-state index in [9.17, 15) is 0 Å². The lowest BCUT2D eigenvalue weighted by Crippen LogP contribution is -2.26. The van der Waals surface area contributed by atoms with Crippen LogP contribution in [0.4, 0.5) is 0 Å². The molecule has 0 amide bonds. The van der Waals surface area contributed by atoms with E-state index in [1.807, 2.05) is 12.1 Å². The van der Waals surface area contributed by atoms with Crippen LogP contribution in [0.15, 0.2) is 73.2 Å². The van der Waals surface area contributed by atoms with Crippen LogP contribution in [0.3, 0.4) is 0 Å². The first-order chi connectivity index (χ1) is 14.5. The molecule has 0 saturated heterocycles. The van der Waals surface area contributed by atoms with Gasteiger partial charge in [0.05, 0.1) is 21.9 Å². The highest BCUT2D eigenvalue weighted by molar-refractivity contribution is 9.16. The van der Waals surface area contributed by atoms with Crippen LogP contribution in [0.25, 0.3) is 0 Å². The molecular formula is C20H12Br10O. The van der Waals surface area contributed by atoms with Crippen molar-refractivity contribution in [2.75, 3.05) is 0 Å². The third-order valence-electron chi connectivity index (χ3n) is 4.21. The van der Waals surface area contributed by atoms with Crippen LogP contribution in [0.1, 0.15) is 20.8 Å². The summed E-state index contributed by atoms with van der Waals surface area (Å²) in [5.41, 5.74) is 2.02. The van der Waals surface area contributed by atoms with E-state index < -0.39 is 0 Å². The van der Waals surface area contributed by atoms with Gasteiger partial charge in [0.15, 0.2) is 0 Å². The van der Waals surface area contributed by atoms with Gasteiger partial charge < -0.3 is 4.74 Å². The maximum absolute atomic E-state index is 6.46. The minimum absolute atomic E-state index is 0.158. The lowest BCUT2D eigenvalue weighted by Gasteiger charge is -2.29. The SMILES string of the molecule is C=CC(OC(C=C)C(Br)c1cc(Br)c(Br)c(Br)c1Br)C(Br)c1cc(Br)c(Br)c(Br)c1Br. The van der Waals surface area contributed by atoms with E-state index in [2.05, 4.69) is 172 Å². The predicted octanol–water partition coefficient (Wildman–Crippen LogP) is 12.5. The van der Waals surface area contributed by atoms with Gasteiger partial charge in [0.1, 0.15) is 0 Å². The van der Waals surface area contributed by atoms with Crippen molar-refractivity contribution in [1.29, 1.82) is 0 Å². The molecule has 0 N–H and O–H groups in total. The van der Waals surface area contributed by atoms with E-state index >= 15 is 0 Å². The minimum atomic E-state index is -0.333. The molecule has 4 atom stereocenters. The normalized spacial score (nSPS) is 15.3. The van der Waals surface area contributed by atoms with Crippen LogP contribution < -0.4 is 0 Å². The van der Waals surface area contributed by atoms with Crippen LogP contribution in [0.2, 0.25) is 0 Å². The van der Waals surface area contributed by atoms with Crippen molar-refractivity contribution in [1.82, 2.24) is 0 Å². The van der Waals surface area contributed by atoms with Crippen molar-refractivity contribution >= 4 is 159 Å². The Morgan fingerprint density at radius 2 is 0.903 bits per heavy atom. The van der Waals surface area contributed by atoms with E-state index in [0.29, 0.717) is 0 Å². The molecule has 168 valence electrons. The second-order valence-electron chi connectivity index (χ2n) is 6.12. The number of benzene rings is 2. The van der Waals surface area contributed by atoms with Gasteiger partial charge in [-0.2, -0.15) is 0 Å². The quantitative estimate of drug-likeness (QED) is 0.111. The smallest absolute Gasteiger partial charge is 0.0928 e. The van der Waals surface area contributed by atoms with Gasteiger partial charge >= 0.3 is 0 Å². The predicted molar refractivity (Wildman–Crippen MR) is 167 cm³/mol. The standard InChI is InChI=1S/C20H12Br10O/c1-3-11(13(23)7-5-9(21)17(27)19(29)15(7)25)31-12(4-2)14(24)8-6-10(22)18(28)20(30)16(8)26/h3-6,11-14H,1-2H2. The third-order valence-corrected chi connectivity index (χ3v) is 15.6. The Morgan fingerprint density at radius 1 is 0.581 bits per heavy atom. The van der Waals surface area contributed by atoms with Crippen LogP contribution in [0.5, 0.6) is 0 Å². The maximum atomic E-state index is 6.46. The molecule has 0 fully saturated rings. The zero-order valence-corrected chi connectivity index (χ0v) is 31.1. The van der Waals surface area contributed by atoms with Gasteiger partial charge in [-0.15, -0.1) is 13.2 Å². The molecule has 0 radical (unpaired) electrons. The topological polar surface area (TPSA) is 9.23 Å². The highest BCUT2D eigenvalue weighted by atomic mass is 79.9. The Labute approximate surface area is 266 Å². The molecule has 0 aromatic heterocycles. The van der Waals surface area contributed by atoms with Crippen molar-refractivity contribution < 1.29 is 4.74 Å². The highest BCUT2D eigenvalue weighted by Gasteiger charge is 2.30. The zero-order chi connectivity index (χ0) is 23.6. The first kappa shape index (κ1) is 29.9. The summed E-state index contributed by atoms with van der Waals surface area (Å²) in [6, 6.07) is 4.07. The average molecular weight is 1070 g/mol. The van der Waals surface area contributed by atoms with Crippen molar-refractivity contribution in [3.05, 3.63) is 84.4 Å². The first-order valence-corrected chi connectivity index (χ1v) is 16.5. The van der Waals surface area contributed by atoms with Gasteiger partial charge in [-0.1, -0.05) is 44.0 Å². The molecule has 1 nitrogen and oxygen atoms in total. The summed E-state index contributed by atoms with van der Waals surface area (Å²) >= 11 is 36.5. The molecule has 0 bridgehead atoms. The fraction of sp³-hybridized carbons (Fsp3) is 0.200. The summed E-state index contributed by atoms with van der Waals surface area (Å²) in [6.07, 6.45) is 2.91. The van der Waals surface area contributed by atoms with Crippen molar-refractivity contribution in [3.8, 4) is 0 Å². The Balaban J connectivity index is 2.38. The van der Waals surface area contributed by atoms with Crippen LogP contribution in [-0.2, 0) is 4.74 Å². The average Bonchev–Trinajstić information content (AvgIpc) is 2.75. The third kappa shape index (κ3) is 6.92. The molecule has 0 aliphatic rings. The number of alkyl halides is 2. The highest BCUT2D eigenvalue weighted by Crippen LogP contribution is 2.47. The lowest BCUT2D eigenvalue weighted by atomic mass is 10.1. The van der Waals surface area contributed by atoms with Gasteiger partial charge in [-0.25, -0.2) is 0 Å². The van der Waals surface area contributed by atoms with Gasteiger partial charge in [-0.3, -0.25) is 0 Å². The maximum Gasteiger partial charge on any atom is 0.0928 e. The minimum Gasteiger partial charge on any atom is -0.364 e. The monoisotopic (exact) mass is 1060 g/mol. The van der Waals surface area contributed by atoms with Gasteiger partial charge in [0, 0.05) is 35.8 Å². The molecule has 0 aliphatic carbocycles. The molecule has 11 heteroatoms. The Morgan fingerprint density at radius 3 is 1.19 bits per heavy atom. The van der Waals surface area contributed by atoms with Gasteiger partial charge in [-0.05, 0) is 151 Å². The molecule has 0 aliphatic heterocycles. The number of rotatable bonds is 8. The summed E-state index contributed by atoms with van der Waals surface area (Å²) in [7, 11) is 0. The molecule has 2 aromatic rings. The second-order valence-corrected chi connectivity index (χ2v) is 14.6. The molecule has 4 unspecified atom stereocenters. The Hall–Kier alpha value is 2.68. The van der Waals surface area contributed by atoms with Crippen molar-refractivity contribution in [2.45, 2.75) is 21.9 Å². The number of halogens is 10. The fourth-order valence-corrected chi connectivity index (χ4v) is 9.21. The summed E-state index contributed by atoms with van der Waals surface area (Å²) < 4.78 is 13.8. The fourth-order valence-electron chi connectivity index (χ4n) is 2.61. The van der Waals surface area contributed by atoms with Crippen LogP contribution >= 0.6 is 159 Å². The largest absolute Gasteiger partial charge is 0.364 e. The molecule has 0 spiro atoms. The van der Waals surface area contributed by atoms with Crippen molar-refractivity contribution in [3.63, 3.8) is 0 Å². The van der Waals surface area contributed by atoms with E-state index in [1.54, 1.807) is 12.2 Å². The molecular weight excluding hydrogens is 1060 g/mol. The van der Waals surface area contributed by atoms with Gasteiger partial charge in [0.2, 0.25) is 0 Å². The Bertz CT molecular complexity index is 927. The van der Waals surface area contributed by atoms with E-state index in [4.69, 9.17) is 4.74 Å². The first-order valence-electron chi connectivity index (χ1n) is 8.30. The molecule has 2 aromatic carbocycles.